The number of carbonyl (C=O) groups is 3. The third-order valence-corrected chi connectivity index (χ3v) is 13.2. The fourth-order valence-electron chi connectivity index (χ4n) is 8.80. The van der Waals surface area contributed by atoms with E-state index in [1.165, 1.54) is 38.9 Å². The van der Waals surface area contributed by atoms with Gasteiger partial charge in [-0.3, -0.25) is 9.59 Å². The SMILES string of the molecule is Nc1cc(N)cc(C(=O)OCCCCCCOc2ccc(Cc3ccc(/C=C/C(=O)c4ccccc4)cc3)cc2)c1.Nc1ccc(Cc2ccc(-c3ccc(Cc4ccc(/C=C/C(=O)c5ccccc5)cc4)cc3)cc2)cc1N. The Morgan fingerprint density at radius 1 is 0.367 bits per heavy atom. The molecule has 0 unspecified atom stereocenters. The highest BCUT2D eigenvalue weighted by Crippen LogP contribution is 2.25. The molecule has 9 heteroatoms. The van der Waals surface area contributed by atoms with Crippen LogP contribution in [0.15, 0.2) is 231 Å². The lowest BCUT2D eigenvalue weighted by molar-refractivity contribution is 0.0497. The van der Waals surface area contributed by atoms with Gasteiger partial charge in [0.25, 0.3) is 0 Å². The third-order valence-electron chi connectivity index (χ3n) is 13.2. The predicted molar refractivity (Wildman–Crippen MR) is 324 cm³/mol. The molecule has 9 aromatic rings. The van der Waals surface area contributed by atoms with Gasteiger partial charge in [-0.2, -0.15) is 0 Å². The molecule has 0 fully saturated rings. The summed E-state index contributed by atoms with van der Waals surface area (Å²) in [4.78, 5) is 36.6. The zero-order valence-electron chi connectivity index (χ0n) is 44.3. The number of ether oxygens (including phenoxy) is 2. The Bertz CT molecular complexity index is 3450. The topological polar surface area (TPSA) is 174 Å². The molecule has 0 aromatic heterocycles. The van der Waals surface area contributed by atoms with Crippen molar-refractivity contribution in [3.8, 4) is 16.9 Å². The maximum atomic E-state index is 12.3. The fraction of sp³-hybridized carbons (Fsp3) is 0.129. The summed E-state index contributed by atoms with van der Waals surface area (Å²) in [5.41, 5.74) is 38.8. The van der Waals surface area contributed by atoms with Gasteiger partial charge in [0, 0.05) is 22.5 Å². The summed E-state index contributed by atoms with van der Waals surface area (Å²) in [6, 6.07) is 71.3. The van der Waals surface area contributed by atoms with Crippen LogP contribution in [0.5, 0.6) is 5.75 Å². The fourth-order valence-corrected chi connectivity index (χ4v) is 8.80. The second-order valence-corrected chi connectivity index (χ2v) is 19.4. The number of anilines is 4. The van der Waals surface area contributed by atoms with Gasteiger partial charge in [0.2, 0.25) is 0 Å². The molecule has 0 amide bonds. The lowest BCUT2D eigenvalue weighted by atomic mass is 9.98. The molecule has 0 aliphatic carbocycles. The molecule has 0 heterocycles. The van der Waals surface area contributed by atoms with E-state index in [-0.39, 0.29) is 11.6 Å². The summed E-state index contributed by atoms with van der Waals surface area (Å²) in [5.74, 6) is 0.457. The van der Waals surface area contributed by atoms with Gasteiger partial charge in [-0.15, -0.1) is 0 Å². The molecule has 0 aliphatic heterocycles. The number of carbonyl (C=O) groups excluding carboxylic acids is 3. The zero-order chi connectivity index (χ0) is 55.2. The van der Waals surface area contributed by atoms with Gasteiger partial charge in [-0.25, -0.2) is 4.79 Å². The van der Waals surface area contributed by atoms with Gasteiger partial charge < -0.3 is 32.4 Å². The number of esters is 1. The highest BCUT2D eigenvalue weighted by Gasteiger charge is 2.10. The Morgan fingerprint density at radius 3 is 1.23 bits per heavy atom. The minimum Gasteiger partial charge on any atom is -0.494 e. The minimum atomic E-state index is -0.405. The summed E-state index contributed by atoms with van der Waals surface area (Å²) < 4.78 is 11.2. The number of unbranched alkanes of at least 4 members (excludes halogenated alkanes) is 3. The van der Waals surface area contributed by atoms with Crippen LogP contribution in [0, 0.1) is 0 Å². The van der Waals surface area contributed by atoms with Gasteiger partial charge in [0.15, 0.2) is 11.6 Å². The highest BCUT2D eigenvalue weighted by molar-refractivity contribution is 6.07. The van der Waals surface area contributed by atoms with Crippen molar-refractivity contribution < 1.29 is 23.9 Å². The van der Waals surface area contributed by atoms with Crippen LogP contribution in [0.3, 0.4) is 0 Å². The summed E-state index contributed by atoms with van der Waals surface area (Å²) in [6.45, 7) is 1.01. The lowest BCUT2D eigenvalue weighted by Crippen LogP contribution is -2.08. The van der Waals surface area contributed by atoms with E-state index in [0.717, 1.165) is 67.4 Å². The molecule has 9 rings (SSSR count). The minimum absolute atomic E-state index is 0.00278. The van der Waals surface area contributed by atoms with Gasteiger partial charge in [0.1, 0.15) is 5.75 Å². The number of benzene rings is 9. The Balaban J connectivity index is 0.000000209. The molecule has 0 bridgehead atoms. The van der Waals surface area contributed by atoms with Crippen LogP contribution < -0.4 is 27.7 Å². The molecule has 396 valence electrons. The molecule has 0 radical (unpaired) electrons. The first-order valence-electron chi connectivity index (χ1n) is 26.6. The van der Waals surface area contributed by atoms with Crippen LogP contribution in [0.1, 0.15) is 101 Å². The maximum absolute atomic E-state index is 12.3. The zero-order valence-corrected chi connectivity index (χ0v) is 44.3. The third kappa shape index (κ3) is 17.7. The summed E-state index contributed by atoms with van der Waals surface area (Å²) in [7, 11) is 0. The Labute approximate surface area is 463 Å². The molecular formula is C70H66N4O5. The van der Waals surface area contributed by atoms with Crippen LogP contribution >= 0.6 is 0 Å². The first kappa shape index (κ1) is 55.5. The molecule has 0 saturated heterocycles. The lowest BCUT2D eigenvalue weighted by Gasteiger charge is -2.08. The summed E-state index contributed by atoms with van der Waals surface area (Å²) >= 11 is 0. The second-order valence-electron chi connectivity index (χ2n) is 19.4. The van der Waals surface area contributed by atoms with Gasteiger partial charge in [-0.1, -0.05) is 188 Å². The van der Waals surface area contributed by atoms with Crippen LogP contribution in [-0.2, 0) is 24.0 Å². The highest BCUT2D eigenvalue weighted by atomic mass is 16.5. The second kappa shape index (κ2) is 28.4. The first-order valence-corrected chi connectivity index (χ1v) is 26.6. The molecule has 0 saturated carbocycles. The Hall–Kier alpha value is -9.73. The Kier molecular flexibility index (Phi) is 20.0. The molecule has 0 aliphatic rings. The van der Waals surface area contributed by atoms with Crippen molar-refractivity contribution in [3.63, 3.8) is 0 Å². The summed E-state index contributed by atoms with van der Waals surface area (Å²) in [6.07, 6.45) is 13.1. The van der Waals surface area contributed by atoms with Crippen LogP contribution in [0.25, 0.3) is 23.3 Å². The maximum Gasteiger partial charge on any atom is 0.338 e. The number of ketones is 2. The van der Waals surface area contributed by atoms with Crippen LogP contribution in [-0.4, -0.2) is 30.7 Å². The molecule has 0 spiro atoms. The van der Waals surface area contributed by atoms with Gasteiger partial charge >= 0.3 is 5.97 Å². The monoisotopic (exact) mass is 1040 g/mol. The van der Waals surface area contributed by atoms with Crippen LogP contribution in [0.4, 0.5) is 22.7 Å². The number of hydrogen-bond donors (Lipinski definition) is 4. The van der Waals surface area contributed by atoms with E-state index in [1.807, 2.05) is 115 Å². The molecule has 8 N–H and O–H groups in total. The van der Waals surface area contributed by atoms with E-state index in [4.69, 9.17) is 32.4 Å². The van der Waals surface area contributed by atoms with Gasteiger partial charge in [-0.05, 0) is 155 Å². The van der Waals surface area contributed by atoms with E-state index < -0.39 is 5.97 Å². The van der Waals surface area contributed by atoms with E-state index in [0.29, 0.717) is 52.7 Å². The van der Waals surface area contributed by atoms with Crippen molar-refractivity contribution in [2.24, 2.45) is 0 Å². The largest absolute Gasteiger partial charge is 0.494 e. The number of nitrogens with two attached hydrogens (primary N) is 4. The van der Waals surface area contributed by atoms with Crippen molar-refractivity contribution in [1.29, 1.82) is 0 Å². The van der Waals surface area contributed by atoms with Crippen molar-refractivity contribution in [2.75, 3.05) is 36.1 Å². The summed E-state index contributed by atoms with van der Waals surface area (Å²) in [5, 5.41) is 0. The van der Waals surface area contributed by atoms with E-state index in [2.05, 4.69) is 97.1 Å². The first-order chi connectivity index (χ1) is 38.5. The van der Waals surface area contributed by atoms with Crippen molar-refractivity contribution in [3.05, 3.63) is 292 Å². The van der Waals surface area contributed by atoms with Gasteiger partial charge in [0.05, 0.1) is 30.2 Å². The smallest absolute Gasteiger partial charge is 0.338 e. The molecule has 0 atom stereocenters. The molecule has 9 aromatic carbocycles. The average molecular weight is 1040 g/mol. The predicted octanol–water partition coefficient (Wildman–Crippen LogP) is 14.7. The van der Waals surface area contributed by atoms with E-state index in [9.17, 15) is 14.4 Å². The number of allylic oxidation sites excluding steroid dienone is 2. The van der Waals surface area contributed by atoms with Crippen molar-refractivity contribution in [1.82, 2.24) is 0 Å². The molecule has 9 nitrogen and oxygen atoms in total. The van der Waals surface area contributed by atoms with E-state index >= 15 is 0 Å². The number of rotatable bonds is 22. The Morgan fingerprint density at radius 2 is 0.772 bits per heavy atom. The number of nitrogen functional groups attached to an aromatic ring is 4. The van der Waals surface area contributed by atoms with E-state index in [1.54, 1.807) is 30.4 Å². The normalized spacial score (nSPS) is 11.0. The standard InChI is InChI=1S/C35H36N2O4.C35H30N2O/c36-31-23-30(24-32(37)25-31)35(39)41-21-7-2-1-6-20-40-33-17-14-28(15-18-33)22-27-12-10-26(11-13-27)16-19-34(38)29-8-4-3-5-9-29;36-33-20-14-29(24-34(33)37)23-28-12-18-31(19-13-28)30-16-10-27(11-17-30)22-26-8-6-25(7-9-26)15-21-35(38)32-4-2-1-3-5-32/h3-5,8-19,23-25H,1-2,6-7,20-22,36-37H2;1-21,24H,22-23,36-37H2/b19-16+;21-15+. The quantitative estimate of drug-likeness (QED) is 0.0169. The van der Waals surface area contributed by atoms with Crippen LogP contribution in [0.2, 0.25) is 0 Å². The van der Waals surface area contributed by atoms with Crippen molar-refractivity contribution in [2.45, 2.75) is 44.9 Å². The van der Waals surface area contributed by atoms with Crippen molar-refractivity contribution >= 4 is 52.4 Å². The number of hydrogen-bond acceptors (Lipinski definition) is 9. The molecular weight excluding hydrogens is 977 g/mol. The average Bonchev–Trinajstić information content (AvgIpc) is 3.48. The molecule has 79 heavy (non-hydrogen) atoms.